The Hall–Kier alpha value is -3.28. The maximum absolute atomic E-state index is 12.5. The second kappa shape index (κ2) is 7.38. The molecule has 2 heterocycles. The Bertz CT molecular complexity index is 1040. The molecule has 1 aliphatic heterocycles. The number of furan rings is 1. The zero-order chi connectivity index (χ0) is 19.7. The van der Waals surface area contributed by atoms with Crippen LogP contribution in [0.2, 0.25) is 0 Å². The standard InChI is InChI=1S/C22H22N2O4/c1-3-27-22(26)20-16(15-8-4-7-11-19(15)28-20)13-24-12-14(2)21(25)23-17-9-5-6-10-18(17)24/h4-11,14H,3,12-13H2,1-2H3,(H,23,25). The Morgan fingerprint density at radius 1 is 1.21 bits per heavy atom. The fourth-order valence-electron chi connectivity index (χ4n) is 3.58. The number of hydrogen-bond acceptors (Lipinski definition) is 5. The number of anilines is 2. The number of nitrogens with zero attached hydrogens (tertiary/aromatic N) is 1. The van der Waals surface area contributed by atoms with E-state index in [0.717, 1.165) is 22.3 Å². The highest BCUT2D eigenvalue weighted by Crippen LogP contribution is 2.34. The minimum atomic E-state index is -0.473. The lowest BCUT2D eigenvalue weighted by molar-refractivity contribution is -0.119. The number of esters is 1. The summed E-state index contributed by atoms with van der Waals surface area (Å²) in [6.45, 7) is 4.90. The normalized spacial score (nSPS) is 16.4. The van der Waals surface area contributed by atoms with Gasteiger partial charge in [0.25, 0.3) is 0 Å². The lowest BCUT2D eigenvalue weighted by Crippen LogP contribution is -2.30. The smallest absolute Gasteiger partial charge is 0.374 e. The van der Waals surface area contributed by atoms with E-state index >= 15 is 0 Å². The zero-order valence-electron chi connectivity index (χ0n) is 15.9. The fourth-order valence-corrected chi connectivity index (χ4v) is 3.58. The molecule has 1 unspecified atom stereocenters. The zero-order valence-corrected chi connectivity index (χ0v) is 15.9. The van der Waals surface area contributed by atoms with Crippen LogP contribution in [0.25, 0.3) is 11.0 Å². The molecule has 1 atom stereocenters. The highest BCUT2D eigenvalue weighted by molar-refractivity contribution is 5.99. The van der Waals surface area contributed by atoms with Crippen molar-refractivity contribution in [2.45, 2.75) is 20.4 Å². The molecule has 6 heteroatoms. The molecule has 1 N–H and O–H groups in total. The molecule has 0 saturated heterocycles. The van der Waals surface area contributed by atoms with E-state index in [1.54, 1.807) is 6.92 Å². The van der Waals surface area contributed by atoms with Gasteiger partial charge in [0.15, 0.2) is 0 Å². The van der Waals surface area contributed by atoms with E-state index in [1.807, 2.05) is 55.5 Å². The number of para-hydroxylation sites is 3. The second-order valence-electron chi connectivity index (χ2n) is 6.91. The Morgan fingerprint density at radius 2 is 1.96 bits per heavy atom. The van der Waals surface area contributed by atoms with Crippen molar-refractivity contribution in [3.8, 4) is 0 Å². The summed E-state index contributed by atoms with van der Waals surface area (Å²) in [4.78, 5) is 27.0. The molecule has 0 saturated carbocycles. The van der Waals surface area contributed by atoms with Crippen molar-refractivity contribution in [3.63, 3.8) is 0 Å². The largest absolute Gasteiger partial charge is 0.460 e. The number of nitrogens with one attached hydrogen (secondary N) is 1. The Kier molecular flexibility index (Phi) is 4.77. The summed E-state index contributed by atoms with van der Waals surface area (Å²) in [5.41, 5.74) is 3.10. The predicted octanol–water partition coefficient (Wildman–Crippen LogP) is 4.20. The molecular weight excluding hydrogens is 356 g/mol. The van der Waals surface area contributed by atoms with E-state index < -0.39 is 5.97 Å². The summed E-state index contributed by atoms with van der Waals surface area (Å²) in [7, 11) is 0. The number of ether oxygens (including phenoxy) is 1. The number of hydrogen-bond donors (Lipinski definition) is 1. The van der Waals surface area contributed by atoms with Gasteiger partial charge in [-0.3, -0.25) is 4.79 Å². The number of rotatable bonds is 4. The van der Waals surface area contributed by atoms with Gasteiger partial charge in [-0.1, -0.05) is 37.3 Å². The lowest BCUT2D eigenvalue weighted by Gasteiger charge is -2.25. The van der Waals surface area contributed by atoms with E-state index in [4.69, 9.17) is 9.15 Å². The average Bonchev–Trinajstić information content (AvgIpc) is 3.01. The van der Waals surface area contributed by atoms with Crippen molar-refractivity contribution < 1.29 is 18.7 Å². The molecule has 0 radical (unpaired) electrons. The summed E-state index contributed by atoms with van der Waals surface area (Å²) in [6, 6.07) is 15.3. The summed E-state index contributed by atoms with van der Waals surface area (Å²) in [5.74, 6) is -0.468. The van der Waals surface area contributed by atoms with E-state index in [2.05, 4.69) is 10.2 Å². The van der Waals surface area contributed by atoms with Crippen LogP contribution in [0.5, 0.6) is 0 Å². The molecule has 2 aromatic carbocycles. The summed E-state index contributed by atoms with van der Waals surface area (Å²) in [6.07, 6.45) is 0. The Morgan fingerprint density at radius 3 is 2.79 bits per heavy atom. The van der Waals surface area contributed by atoms with Gasteiger partial charge in [0.2, 0.25) is 11.7 Å². The predicted molar refractivity (Wildman–Crippen MR) is 107 cm³/mol. The van der Waals surface area contributed by atoms with Crippen LogP contribution in [0.15, 0.2) is 52.9 Å². The van der Waals surface area contributed by atoms with Gasteiger partial charge in [-0.2, -0.15) is 0 Å². The number of benzene rings is 2. The van der Waals surface area contributed by atoms with Gasteiger partial charge >= 0.3 is 5.97 Å². The van der Waals surface area contributed by atoms with E-state index in [0.29, 0.717) is 18.7 Å². The summed E-state index contributed by atoms with van der Waals surface area (Å²) < 4.78 is 11.0. The second-order valence-corrected chi connectivity index (χ2v) is 6.91. The maximum atomic E-state index is 12.5. The quantitative estimate of drug-likeness (QED) is 0.689. The van der Waals surface area contributed by atoms with E-state index in [9.17, 15) is 9.59 Å². The topological polar surface area (TPSA) is 71.8 Å². The molecule has 0 spiro atoms. The first-order chi connectivity index (χ1) is 13.6. The van der Waals surface area contributed by atoms with Crippen LogP contribution in [-0.2, 0) is 16.1 Å². The van der Waals surface area contributed by atoms with Gasteiger partial charge < -0.3 is 19.4 Å². The summed E-state index contributed by atoms with van der Waals surface area (Å²) >= 11 is 0. The van der Waals surface area contributed by atoms with Crippen molar-refractivity contribution in [3.05, 3.63) is 59.9 Å². The first-order valence-corrected chi connectivity index (χ1v) is 9.40. The molecule has 1 aromatic heterocycles. The Balaban J connectivity index is 1.80. The molecule has 1 aliphatic rings. The average molecular weight is 378 g/mol. The van der Waals surface area contributed by atoms with Crippen LogP contribution in [-0.4, -0.2) is 25.0 Å². The highest BCUT2D eigenvalue weighted by atomic mass is 16.5. The SMILES string of the molecule is CCOC(=O)c1oc2ccccc2c1CN1CC(C)C(=O)Nc2ccccc21. The molecule has 28 heavy (non-hydrogen) atoms. The number of fused-ring (bicyclic) bond motifs is 2. The van der Waals surface area contributed by atoms with Gasteiger partial charge in [0.05, 0.1) is 23.9 Å². The molecule has 0 aliphatic carbocycles. The molecule has 4 rings (SSSR count). The molecule has 3 aromatic rings. The molecular formula is C22H22N2O4. The molecule has 0 bridgehead atoms. The van der Waals surface area contributed by atoms with E-state index in [-0.39, 0.29) is 24.2 Å². The lowest BCUT2D eigenvalue weighted by atomic mass is 10.1. The maximum Gasteiger partial charge on any atom is 0.374 e. The van der Waals surface area contributed by atoms with Crippen molar-refractivity contribution in [2.24, 2.45) is 5.92 Å². The van der Waals surface area contributed by atoms with Gasteiger partial charge in [-0.15, -0.1) is 0 Å². The van der Waals surface area contributed by atoms with E-state index in [1.165, 1.54) is 0 Å². The number of amides is 1. The van der Waals surface area contributed by atoms with Crippen molar-refractivity contribution in [2.75, 3.05) is 23.4 Å². The number of carbonyl (C=O) groups excluding carboxylic acids is 2. The van der Waals surface area contributed by atoms with Gasteiger partial charge in [-0.05, 0) is 25.1 Å². The monoisotopic (exact) mass is 378 g/mol. The fraction of sp³-hybridized carbons (Fsp3) is 0.273. The minimum absolute atomic E-state index is 0.0161. The third-order valence-electron chi connectivity index (χ3n) is 4.95. The molecule has 144 valence electrons. The van der Waals surface area contributed by atoms with Crippen LogP contribution in [0.3, 0.4) is 0 Å². The minimum Gasteiger partial charge on any atom is -0.460 e. The van der Waals surface area contributed by atoms with Crippen LogP contribution in [0.4, 0.5) is 11.4 Å². The van der Waals surface area contributed by atoms with Crippen LogP contribution < -0.4 is 10.2 Å². The molecule has 0 fully saturated rings. The molecule has 1 amide bonds. The van der Waals surface area contributed by atoms with Gasteiger partial charge in [0.1, 0.15) is 5.58 Å². The van der Waals surface area contributed by atoms with Gasteiger partial charge in [-0.25, -0.2) is 4.79 Å². The van der Waals surface area contributed by atoms with Gasteiger partial charge in [0, 0.05) is 24.0 Å². The number of carbonyl (C=O) groups is 2. The first-order valence-electron chi connectivity index (χ1n) is 9.40. The summed E-state index contributed by atoms with van der Waals surface area (Å²) in [5, 5.41) is 3.86. The van der Waals surface area contributed by atoms with Crippen molar-refractivity contribution in [1.29, 1.82) is 0 Å². The molecule has 6 nitrogen and oxygen atoms in total. The van der Waals surface area contributed by atoms with Crippen LogP contribution >= 0.6 is 0 Å². The van der Waals surface area contributed by atoms with Crippen molar-refractivity contribution in [1.82, 2.24) is 0 Å². The Labute approximate surface area is 163 Å². The first kappa shape index (κ1) is 18.1. The van der Waals surface area contributed by atoms with Crippen LogP contribution in [0.1, 0.15) is 30.0 Å². The highest BCUT2D eigenvalue weighted by Gasteiger charge is 2.28. The third kappa shape index (κ3) is 3.22. The van der Waals surface area contributed by atoms with Crippen LogP contribution in [0, 0.1) is 5.92 Å². The van der Waals surface area contributed by atoms with Crippen molar-refractivity contribution >= 4 is 34.2 Å². The third-order valence-corrected chi connectivity index (χ3v) is 4.95.